The first-order valence-electron chi connectivity index (χ1n) is 6.70. The number of aromatic amines is 1. The van der Waals surface area contributed by atoms with Crippen LogP contribution >= 0.6 is 0 Å². The highest BCUT2D eigenvalue weighted by molar-refractivity contribution is 5.93. The number of carbonyl (C=O) groups excluding carboxylic acids is 1. The van der Waals surface area contributed by atoms with Gasteiger partial charge in [-0.1, -0.05) is 0 Å². The highest BCUT2D eigenvalue weighted by atomic mass is 16.5. The van der Waals surface area contributed by atoms with Gasteiger partial charge < -0.3 is 14.5 Å². The molecule has 0 atom stereocenters. The second kappa shape index (κ2) is 5.03. The average Bonchev–Trinajstić information content (AvgIpc) is 2.94. The number of methoxy groups -OCH3 is 1. The van der Waals surface area contributed by atoms with Crippen LogP contribution in [0.5, 0.6) is 5.75 Å². The Bertz CT molecular complexity index is 629. The Morgan fingerprint density at radius 2 is 2.05 bits per heavy atom. The number of nitrogens with zero attached hydrogens (tertiary/aromatic N) is 3. The van der Waals surface area contributed by atoms with E-state index in [-0.39, 0.29) is 5.91 Å². The second-order valence-corrected chi connectivity index (χ2v) is 4.97. The number of piperazine rings is 1. The van der Waals surface area contributed by atoms with Crippen molar-refractivity contribution in [3.63, 3.8) is 0 Å². The van der Waals surface area contributed by atoms with Gasteiger partial charge in [0, 0.05) is 50.6 Å². The minimum absolute atomic E-state index is 0.142. The number of anilines is 1. The normalized spacial score (nSPS) is 15.7. The van der Waals surface area contributed by atoms with E-state index in [4.69, 9.17) is 4.74 Å². The Morgan fingerprint density at radius 1 is 1.30 bits per heavy atom. The molecule has 2 aromatic rings. The fraction of sp³-hybridized carbons (Fsp3) is 0.429. The number of hydrogen-bond acceptors (Lipinski definition) is 4. The van der Waals surface area contributed by atoms with Gasteiger partial charge in [-0.05, 0) is 0 Å². The maximum absolute atomic E-state index is 11.4. The zero-order valence-corrected chi connectivity index (χ0v) is 11.7. The molecule has 0 saturated carbocycles. The number of rotatable bonds is 2. The summed E-state index contributed by atoms with van der Waals surface area (Å²) in [4.78, 5) is 15.5. The molecule has 1 aliphatic heterocycles. The van der Waals surface area contributed by atoms with Crippen molar-refractivity contribution in [1.82, 2.24) is 15.1 Å². The molecule has 1 aromatic heterocycles. The standard InChI is InChI=1S/C14H18N4O2/c1-10(19)17-3-5-18(6-4-17)14-8-11(20-2)7-13-12(14)9-15-16-13/h7-9H,3-6H2,1-2H3,(H,15,16). The Kier molecular flexibility index (Phi) is 3.22. The lowest BCUT2D eigenvalue weighted by atomic mass is 10.1. The monoisotopic (exact) mass is 274 g/mol. The van der Waals surface area contributed by atoms with Crippen LogP contribution in [0.1, 0.15) is 6.92 Å². The van der Waals surface area contributed by atoms with E-state index < -0.39 is 0 Å². The van der Waals surface area contributed by atoms with Gasteiger partial charge in [-0.25, -0.2) is 0 Å². The highest BCUT2D eigenvalue weighted by Gasteiger charge is 2.21. The lowest BCUT2D eigenvalue weighted by Crippen LogP contribution is -2.48. The zero-order valence-electron chi connectivity index (χ0n) is 11.7. The fourth-order valence-electron chi connectivity index (χ4n) is 2.65. The zero-order chi connectivity index (χ0) is 14.1. The molecule has 0 aliphatic carbocycles. The molecule has 1 aliphatic rings. The first-order valence-corrected chi connectivity index (χ1v) is 6.70. The molecule has 0 unspecified atom stereocenters. The van der Waals surface area contributed by atoms with Crippen LogP contribution in [-0.4, -0.2) is 54.3 Å². The van der Waals surface area contributed by atoms with Crippen molar-refractivity contribution in [1.29, 1.82) is 0 Å². The summed E-state index contributed by atoms with van der Waals surface area (Å²) in [5, 5.41) is 8.17. The van der Waals surface area contributed by atoms with E-state index in [9.17, 15) is 4.79 Å². The number of aromatic nitrogens is 2. The van der Waals surface area contributed by atoms with Gasteiger partial charge in [0.05, 0.1) is 24.5 Å². The minimum atomic E-state index is 0.142. The highest BCUT2D eigenvalue weighted by Crippen LogP contribution is 2.31. The molecule has 106 valence electrons. The number of hydrogen-bond donors (Lipinski definition) is 1. The van der Waals surface area contributed by atoms with Crippen molar-refractivity contribution in [2.75, 3.05) is 38.2 Å². The van der Waals surface area contributed by atoms with Crippen LogP contribution in [0, 0.1) is 0 Å². The van der Waals surface area contributed by atoms with Crippen molar-refractivity contribution in [2.24, 2.45) is 0 Å². The molecule has 6 nitrogen and oxygen atoms in total. The van der Waals surface area contributed by atoms with Gasteiger partial charge in [-0.2, -0.15) is 5.10 Å². The summed E-state index contributed by atoms with van der Waals surface area (Å²) in [6, 6.07) is 3.97. The Labute approximate surface area is 117 Å². The molecule has 3 rings (SSSR count). The molecule has 1 saturated heterocycles. The predicted octanol–water partition coefficient (Wildman–Crippen LogP) is 1.24. The number of carbonyl (C=O) groups is 1. The van der Waals surface area contributed by atoms with Crippen molar-refractivity contribution >= 4 is 22.5 Å². The summed E-state index contributed by atoms with van der Waals surface area (Å²) < 4.78 is 5.34. The maximum atomic E-state index is 11.4. The third-order valence-corrected chi connectivity index (χ3v) is 3.81. The van der Waals surface area contributed by atoms with Crippen LogP contribution < -0.4 is 9.64 Å². The predicted molar refractivity (Wildman–Crippen MR) is 77.1 cm³/mol. The van der Waals surface area contributed by atoms with Gasteiger partial charge in [-0.15, -0.1) is 0 Å². The van der Waals surface area contributed by atoms with Gasteiger partial charge in [0.1, 0.15) is 5.75 Å². The summed E-state index contributed by atoms with van der Waals surface area (Å²) in [7, 11) is 1.66. The number of ether oxygens (including phenoxy) is 1. The number of benzene rings is 1. The van der Waals surface area contributed by atoms with E-state index in [1.807, 2.05) is 23.2 Å². The maximum Gasteiger partial charge on any atom is 0.219 e. The third kappa shape index (κ3) is 2.17. The van der Waals surface area contributed by atoms with Crippen molar-refractivity contribution in [3.05, 3.63) is 18.3 Å². The van der Waals surface area contributed by atoms with Gasteiger partial charge in [-0.3, -0.25) is 9.89 Å². The number of H-pyrrole nitrogens is 1. The summed E-state index contributed by atoms with van der Waals surface area (Å²) in [5.74, 6) is 0.953. The number of fused-ring (bicyclic) bond motifs is 1. The van der Waals surface area contributed by atoms with Gasteiger partial charge in [0.2, 0.25) is 5.91 Å². The first-order chi connectivity index (χ1) is 9.69. The second-order valence-electron chi connectivity index (χ2n) is 4.97. The largest absolute Gasteiger partial charge is 0.497 e. The Hall–Kier alpha value is -2.24. The molecule has 20 heavy (non-hydrogen) atoms. The minimum Gasteiger partial charge on any atom is -0.497 e. The van der Waals surface area contributed by atoms with Crippen molar-refractivity contribution in [2.45, 2.75) is 6.92 Å². The molecule has 0 bridgehead atoms. The van der Waals surface area contributed by atoms with Crippen LogP contribution in [0.4, 0.5) is 5.69 Å². The summed E-state index contributed by atoms with van der Waals surface area (Å²) in [6.07, 6.45) is 1.83. The third-order valence-electron chi connectivity index (χ3n) is 3.81. The van der Waals surface area contributed by atoms with E-state index in [1.165, 1.54) is 0 Å². The smallest absolute Gasteiger partial charge is 0.219 e. The van der Waals surface area contributed by atoms with Crippen LogP contribution in [0.15, 0.2) is 18.3 Å². The van der Waals surface area contributed by atoms with Crippen LogP contribution in [0.25, 0.3) is 10.9 Å². The van der Waals surface area contributed by atoms with Crippen molar-refractivity contribution in [3.8, 4) is 5.75 Å². The number of nitrogens with one attached hydrogen (secondary N) is 1. The quantitative estimate of drug-likeness (QED) is 0.895. The van der Waals surface area contributed by atoms with Crippen LogP contribution in [-0.2, 0) is 4.79 Å². The molecule has 1 aromatic carbocycles. The average molecular weight is 274 g/mol. The Morgan fingerprint density at radius 3 is 2.70 bits per heavy atom. The Balaban J connectivity index is 1.90. The molecule has 1 N–H and O–H groups in total. The summed E-state index contributed by atoms with van der Waals surface area (Å²) in [5.41, 5.74) is 2.07. The summed E-state index contributed by atoms with van der Waals surface area (Å²) in [6.45, 7) is 4.79. The van der Waals surface area contributed by atoms with E-state index in [0.29, 0.717) is 0 Å². The molecular weight excluding hydrogens is 256 g/mol. The SMILES string of the molecule is COc1cc(N2CCN(C(C)=O)CC2)c2cn[nH]c2c1. The topological polar surface area (TPSA) is 61.5 Å². The van der Waals surface area contributed by atoms with E-state index in [1.54, 1.807) is 14.0 Å². The molecule has 6 heteroatoms. The lowest BCUT2D eigenvalue weighted by Gasteiger charge is -2.36. The van der Waals surface area contributed by atoms with E-state index in [0.717, 1.165) is 48.5 Å². The van der Waals surface area contributed by atoms with Crippen LogP contribution in [0.3, 0.4) is 0 Å². The lowest BCUT2D eigenvalue weighted by molar-refractivity contribution is -0.129. The van der Waals surface area contributed by atoms with E-state index >= 15 is 0 Å². The number of amides is 1. The molecule has 2 heterocycles. The van der Waals surface area contributed by atoms with Gasteiger partial charge >= 0.3 is 0 Å². The van der Waals surface area contributed by atoms with Gasteiger partial charge in [0.25, 0.3) is 0 Å². The van der Waals surface area contributed by atoms with E-state index in [2.05, 4.69) is 15.1 Å². The molecular formula is C14H18N4O2. The summed E-state index contributed by atoms with van der Waals surface area (Å²) >= 11 is 0. The first kappa shape index (κ1) is 12.8. The fourth-order valence-corrected chi connectivity index (χ4v) is 2.65. The molecule has 0 radical (unpaired) electrons. The molecule has 0 spiro atoms. The van der Waals surface area contributed by atoms with Crippen LogP contribution in [0.2, 0.25) is 0 Å². The van der Waals surface area contributed by atoms with Crippen molar-refractivity contribution < 1.29 is 9.53 Å². The van der Waals surface area contributed by atoms with Gasteiger partial charge in [0.15, 0.2) is 0 Å². The molecule has 1 fully saturated rings. The molecule has 1 amide bonds.